The third-order valence-corrected chi connectivity index (χ3v) is 5.76. The van der Waals surface area contributed by atoms with E-state index in [0.717, 1.165) is 57.9 Å². The molecule has 0 aromatic heterocycles. The first-order chi connectivity index (χ1) is 12.0. The monoisotopic (exact) mass is 345 g/mol. The van der Waals surface area contributed by atoms with E-state index in [2.05, 4.69) is 66.7 Å². The van der Waals surface area contributed by atoms with Crippen molar-refractivity contribution in [1.82, 2.24) is 9.80 Å². The van der Waals surface area contributed by atoms with E-state index in [9.17, 15) is 0 Å². The lowest BCUT2D eigenvalue weighted by Crippen LogP contribution is -2.48. The lowest BCUT2D eigenvalue weighted by atomic mass is 10.1. The normalized spacial score (nSPS) is 21.3. The van der Waals surface area contributed by atoms with Crippen molar-refractivity contribution in [1.29, 1.82) is 0 Å². The van der Waals surface area contributed by atoms with Gasteiger partial charge in [0.25, 0.3) is 0 Å². The van der Waals surface area contributed by atoms with Crippen LogP contribution in [0.3, 0.4) is 0 Å². The highest BCUT2D eigenvalue weighted by Gasteiger charge is 2.22. The maximum atomic E-state index is 6.22. The molecule has 0 aliphatic carbocycles. The minimum Gasteiger partial charge on any atom is -0.490 e. The second kappa shape index (κ2) is 8.41. The summed E-state index contributed by atoms with van der Waals surface area (Å²) in [6, 6.07) is 10.1. The van der Waals surface area contributed by atoms with Gasteiger partial charge in [-0.15, -0.1) is 0 Å². The fourth-order valence-electron chi connectivity index (χ4n) is 3.93. The molecule has 4 nitrogen and oxygen atoms in total. The molecular weight excluding hydrogens is 310 g/mol. The lowest BCUT2D eigenvalue weighted by Gasteiger charge is -2.38. The summed E-state index contributed by atoms with van der Waals surface area (Å²) < 4.78 is 6.22. The number of piperidine rings is 1. The lowest BCUT2D eigenvalue weighted by molar-refractivity contribution is 0.0843. The Balaban J connectivity index is 1.48. The Morgan fingerprint density at radius 2 is 1.28 bits per heavy atom. The molecule has 2 saturated heterocycles. The topological polar surface area (TPSA) is 19.0 Å². The molecule has 4 heteroatoms. The molecule has 0 N–H and O–H groups in total. The highest BCUT2D eigenvalue weighted by molar-refractivity contribution is 5.49. The maximum absolute atomic E-state index is 6.22. The van der Waals surface area contributed by atoms with Crippen LogP contribution in [0, 0.1) is 0 Å². The van der Waals surface area contributed by atoms with Crippen LogP contribution in [0.2, 0.25) is 0 Å². The molecule has 1 aromatic carbocycles. The molecule has 0 spiro atoms. The Hall–Kier alpha value is -1.26. The van der Waals surface area contributed by atoms with E-state index in [-0.39, 0.29) is 0 Å². The molecule has 0 atom stereocenters. The molecular formula is C21H35N3O. The van der Waals surface area contributed by atoms with Gasteiger partial charge in [-0.1, -0.05) is 0 Å². The van der Waals surface area contributed by atoms with Crippen LogP contribution in [0.1, 0.15) is 40.5 Å². The standard InChI is InChI=1S/C21H35N3O/c1-17(2)22-11-9-21(10-12-22)25-20-7-5-19(6-8-20)24-15-13-23(14-16-24)18(3)4/h5-8,17-18,21H,9-16H2,1-4H3. The Morgan fingerprint density at radius 1 is 0.760 bits per heavy atom. The number of rotatable bonds is 5. The van der Waals surface area contributed by atoms with Gasteiger partial charge in [0.2, 0.25) is 0 Å². The van der Waals surface area contributed by atoms with Crippen LogP contribution in [0.15, 0.2) is 24.3 Å². The molecule has 25 heavy (non-hydrogen) atoms. The predicted octanol–water partition coefficient (Wildman–Crippen LogP) is 3.47. The van der Waals surface area contributed by atoms with Crippen molar-refractivity contribution >= 4 is 5.69 Å². The molecule has 140 valence electrons. The molecule has 0 unspecified atom stereocenters. The summed E-state index contributed by atoms with van der Waals surface area (Å²) in [5.74, 6) is 1.02. The van der Waals surface area contributed by atoms with Gasteiger partial charge >= 0.3 is 0 Å². The van der Waals surface area contributed by atoms with Crippen LogP contribution in [-0.2, 0) is 0 Å². The molecule has 1 aromatic rings. The number of anilines is 1. The van der Waals surface area contributed by atoms with Gasteiger partial charge in [-0.2, -0.15) is 0 Å². The fraction of sp³-hybridized carbons (Fsp3) is 0.714. The average Bonchev–Trinajstić information content (AvgIpc) is 2.63. The van der Waals surface area contributed by atoms with Gasteiger partial charge in [-0.05, 0) is 64.8 Å². The number of nitrogens with zero attached hydrogens (tertiary/aromatic N) is 3. The van der Waals surface area contributed by atoms with Crippen LogP contribution in [0.25, 0.3) is 0 Å². The summed E-state index contributed by atoms with van der Waals surface area (Å²) in [5.41, 5.74) is 1.32. The van der Waals surface area contributed by atoms with Crippen molar-refractivity contribution in [2.24, 2.45) is 0 Å². The van der Waals surface area contributed by atoms with E-state index < -0.39 is 0 Å². The number of hydrogen-bond donors (Lipinski definition) is 0. The van der Waals surface area contributed by atoms with Gasteiger partial charge in [0, 0.05) is 57.0 Å². The summed E-state index contributed by atoms with van der Waals surface area (Å²) in [4.78, 5) is 7.58. The SMILES string of the molecule is CC(C)N1CCC(Oc2ccc(N3CCN(C(C)C)CC3)cc2)CC1. The summed E-state index contributed by atoms with van der Waals surface area (Å²) in [6.45, 7) is 16.0. The number of ether oxygens (including phenoxy) is 1. The van der Waals surface area contributed by atoms with E-state index in [1.165, 1.54) is 5.69 Å². The molecule has 2 aliphatic rings. The second-order valence-corrected chi connectivity index (χ2v) is 8.06. The van der Waals surface area contributed by atoms with Gasteiger partial charge in [0.15, 0.2) is 0 Å². The highest BCUT2D eigenvalue weighted by Crippen LogP contribution is 2.24. The highest BCUT2D eigenvalue weighted by atomic mass is 16.5. The van der Waals surface area contributed by atoms with Gasteiger partial charge in [0.1, 0.15) is 11.9 Å². The molecule has 2 heterocycles. The number of likely N-dealkylation sites (tertiary alicyclic amines) is 1. The van der Waals surface area contributed by atoms with Gasteiger partial charge in [-0.3, -0.25) is 4.90 Å². The van der Waals surface area contributed by atoms with Crippen molar-refractivity contribution in [2.75, 3.05) is 44.2 Å². The Kier molecular flexibility index (Phi) is 6.24. The third kappa shape index (κ3) is 4.89. The van der Waals surface area contributed by atoms with E-state index >= 15 is 0 Å². The molecule has 3 rings (SSSR count). The summed E-state index contributed by atoms with van der Waals surface area (Å²) in [7, 11) is 0. The zero-order chi connectivity index (χ0) is 17.8. The quantitative estimate of drug-likeness (QED) is 0.813. The minimum absolute atomic E-state index is 0.371. The van der Waals surface area contributed by atoms with Crippen molar-refractivity contribution in [3.63, 3.8) is 0 Å². The largest absolute Gasteiger partial charge is 0.490 e. The van der Waals surface area contributed by atoms with Crippen molar-refractivity contribution in [2.45, 2.75) is 58.7 Å². The van der Waals surface area contributed by atoms with E-state index in [0.29, 0.717) is 18.2 Å². The van der Waals surface area contributed by atoms with E-state index in [4.69, 9.17) is 4.74 Å². The van der Waals surface area contributed by atoms with Gasteiger partial charge in [-0.25, -0.2) is 0 Å². The fourth-order valence-corrected chi connectivity index (χ4v) is 3.93. The zero-order valence-corrected chi connectivity index (χ0v) is 16.4. The first-order valence-electron chi connectivity index (χ1n) is 10.0. The molecule has 2 fully saturated rings. The van der Waals surface area contributed by atoms with Gasteiger partial charge < -0.3 is 14.5 Å². The van der Waals surface area contributed by atoms with Crippen molar-refractivity contribution in [3.8, 4) is 5.75 Å². The molecule has 0 saturated carbocycles. The number of benzene rings is 1. The minimum atomic E-state index is 0.371. The van der Waals surface area contributed by atoms with Crippen molar-refractivity contribution in [3.05, 3.63) is 24.3 Å². The molecule has 0 bridgehead atoms. The smallest absolute Gasteiger partial charge is 0.119 e. The van der Waals surface area contributed by atoms with Crippen LogP contribution >= 0.6 is 0 Å². The molecule has 0 amide bonds. The maximum Gasteiger partial charge on any atom is 0.119 e. The number of hydrogen-bond acceptors (Lipinski definition) is 4. The van der Waals surface area contributed by atoms with E-state index in [1.54, 1.807) is 0 Å². The first-order valence-corrected chi connectivity index (χ1v) is 10.0. The van der Waals surface area contributed by atoms with Crippen LogP contribution in [-0.4, -0.2) is 67.3 Å². The number of piperazine rings is 1. The van der Waals surface area contributed by atoms with Crippen molar-refractivity contribution < 1.29 is 4.74 Å². The summed E-state index contributed by atoms with van der Waals surface area (Å²) in [6.07, 6.45) is 2.64. The van der Waals surface area contributed by atoms with E-state index in [1.807, 2.05) is 0 Å². The van der Waals surface area contributed by atoms with Crippen LogP contribution < -0.4 is 9.64 Å². The average molecular weight is 346 g/mol. The summed E-state index contributed by atoms with van der Waals surface area (Å²) in [5, 5.41) is 0. The third-order valence-electron chi connectivity index (χ3n) is 5.76. The Labute approximate surface area is 153 Å². The summed E-state index contributed by atoms with van der Waals surface area (Å²) >= 11 is 0. The second-order valence-electron chi connectivity index (χ2n) is 8.06. The first kappa shape index (κ1) is 18.5. The Morgan fingerprint density at radius 3 is 1.80 bits per heavy atom. The van der Waals surface area contributed by atoms with Gasteiger partial charge in [0.05, 0.1) is 0 Å². The van der Waals surface area contributed by atoms with Crippen LogP contribution in [0.5, 0.6) is 5.75 Å². The zero-order valence-electron chi connectivity index (χ0n) is 16.4. The molecule has 0 radical (unpaired) electrons. The Bertz CT molecular complexity index is 512. The molecule has 2 aliphatic heterocycles. The van der Waals surface area contributed by atoms with Crippen LogP contribution in [0.4, 0.5) is 5.69 Å². The predicted molar refractivity (Wildman–Crippen MR) is 106 cm³/mol.